The molecule has 0 saturated carbocycles. The van der Waals surface area contributed by atoms with E-state index in [9.17, 15) is 9.18 Å². The Bertz CT molecular complexity index is 1070. The van der Waals surface area contributed by atoms with Gasteiger partial charge in [-0.3, -0.25) is 9.69 Å². The van der Waals surface area contributed by atoms with Crippen molar-refractivity contribution in [3.8, 4) is 5.75 Å². The van der Waals surface area contributed by atoms with Crippen LogP contribution in [0.1, 0.15) is 34.3 Å². The van der Waals surface area contributed by atoms with E-state index in [2.05, 4.69) is 20.6 Å². The number of aromatic nitrogens is 1. The van der Waals surface area contributed by atoms with Gasteiger partial charge >= 0.3 is 0 Å². The molecule has 2 atom stereocenters. The minimum absolute atomic E-state index is 0.00247. The fourth-order valence-electron chi connectivity index (χ4n) is 4.13. The molecule has 1 N–H and O–H groups in total. The zero-order valence-corrected chi connectivity index (χ0v) is 18.7. The fourth-order valence-corrected chi connectivity index (χ4v) is 4.73. The Morgan fingerprint density at radius 1 is 1.26 bits per heavy atom. The number of anilines is 1. The summed E-state index contributed by atoms with van der Waals surface area (Å²) in [5.74, 6) is 0.332. The SMILES string of the molecule is COc1ccc(NC(=O)[C@@H]2C[C@H](c3ccc(F)cc3)N(Cc3csc(C)n3)C2)c(C)c1. The summed E-state index contributed by atoms with van der Waals surface area (Å²) in [5, 5.41) is 6.16. The van der Waals surface area contributed by atoms with Gasteiger partial charge in [-0.05, 0) is 61.7 Å². The highest BCUT2D eigenvalue weighted by Gasteiger charge is 2.37. The second-order valence-corrected chi connectivity index (χ2v) is 9.02. The van der Waals surface area contributed by atoms with E-state index in [0.29, 0.717) is 19.5 Å². The Hall–Kier alpha value is -2.77. The van der Waals surface area contributed by atoms with Crippen LogP contribution in [0.5, 0.6) is 5.75 Å². The number of rotatable bonds is 6. The number of carbonyl (C=O) groups excluding carboxylic acids is 1. The molecule has 4 rings (SSSR count). The van der Waals surface area contributed by atoms with Crippen LogP contribution in [0.2, 0.25) is 0 Å². The number of hydrogen-bond donors (Lipinski definition) is 1. The number of aryl methyl sites for hydroxylation is 2. The molecular formula is C24H26FN3O2S. The third-order valence-corrected chi connectivity index (χ3v) is 6.57. The van der Waals surface area contributed by atoms with Crippen molar-refractivity contribution < 1.29 is 13.9 Å². The normalized spacial score (nSPS) is 18.8. The summed E-state index contributed by atoms with van der Waals surface area (Å²) in [7, 11) is 1.62. The molecular weight excluding hydrogens is 413 g/mol. The van der Waals surface area contributed by atoms with E-state index in [-0.39, 0.29) is 23.7 Å². The topological polar surface area (TPSA) is 54.5 Å². The summed E-state index contributed by atoms with van der Waals surface area (Å²) in [5.41, 5.74) is 3.76. The predicted molar refractivity (Wildman–Crippen MR) is 121 cm³/mol. The summed E-state index contributed by atoms with van der Waals surface area (Å²) >= 11 is 1.62. The van der Waals surface area contributed by atoms with Crippen molar-refractivity contribution in [1.29, 1.82) is 0 Å². The Morgan fingerprint density at radius 2 is 2.03 bits per heavy atom. The largest absolute Gasteiger partial charge is 0.497 e. The van der Waals surface area contributed by atoms with Crippen LogP contribution in [0.15, 0.2) is 47.8 Å². The third-order valence-electron chi connectivity index (χ3n) is 5.75. The number of methoxy groups -OCH3 is 1. The van der Waals surface area contributed by atoms with Crippen LogP contribution in [0.25, 0.3) is 0 Å². The van der Waals surface area contributed by atoms with Gasteiger partial charge in [-0.1, -0.05) is 12.1 Å². The molecule has 1 aliphatic heterocycles. The molecule has 1 aromatic heterocycles. The Kier molecular flexibility index (Phi) is 6.34. The number of amides is 1. The predicted octanol–water partition coefficient (Wildman–Crippen LogP) is 5.11. The van der Waals surface area contributed by atoms with Crippen LogP contribution in [0.3, 0.4) is 0 Å². The monoisotopic (exact) mass is 439 g/mol. The Balaban J connectivity index is 1.53. The number of ether oxygens (including phenoxy) is 1. The molecule has 0 unspecified atom stereocenters. The van der Waals surface area contributed by atoms with Gasteiger partial charge in [0.05, 0.1) is 23.7 Å². The average Bonchev–Trinajstić information content (AvgIpc) is 3.36. The molecule has 5 nitrogen and oxygen atoms in total. The minimum atomic E-state index is -0.257. The van der Waals surface area contributed by atoms with Gasteiger partial charge < -0.3 is 10.1 Å². The van der Waals surface area contributed by atoms with Crippen molar-refractivity contribution in [2.75, 3.05) is 19.0 Å². The van der Waals surface area contributed by atoms with E-state index in [1.54, 1.807) is 18.4 Å². The molecule has 1 saturated heterocycles. The highest BCUT2D eigenvalue weighted by atomic mass is 32.1. The van der Waals surface area contributed by atoms with E-state index in [4.69, 9.17) is 4.74 Å². The lowest BCUT2D eigenvalue weighted by Gasteiger charge is -2.23. The van der Waals surface area contributed by atoms with Crippen molar-refractivity contribution in [2.45, 2.75) is 32.9 Å². The van der Waals surface area contributed by atoms with Crippen LogP contribution >= 0.6 is 11.3 Å². The zero-order valence-electron chi connectivity index (χ0n) is 17.9. The molecule has 2 aromatic carbocycles. The maximum Gasteiger partial charge on any atom is 0.228 e. The van der Waals surface area contributed by atoms with Crippen LogP contribution in [0.4, 0.5) is 10.1 Å². The fraction of sp³-hybridized carbons (Fsp3) is 0.333. The molecule has 1 aliphatic rings. The smallest absolute Gasteiger partial charge is 0.228 e. The summed E-state index contributed by atoms with van der Waals surface area (Å²) in [6.45, 7) is 5.23. The van der Waals surface area contributed by atoms with Crippen LogP contribution < -0.4 is 10.1 Å². The molecule has 0 spiro atoms. The maximum absolute atomic E-state index is 13.5. The van der Waals surface area contributed by atoms with Crippen molar-refractivity contribution >= 4 is 22.9 Å². The summed E-state index contributed by atoms with van der Waals surface area (Å²) in [4.78, 5) is 20.0. The highest BCUT2D eigenvalue weighted by molar-refractivity contribution is 7.09. The Morgan fingerprint density at radius 3 is 2.68 bits per heavy atom. The van der Waals surface area contributed by atoms with Crippen molar-refractivity contribution in [2.24, 2.45) is 5.92 Å². The number of carbonyl (C=O) groups is 1. The van der Waals surface area contributed by atoms with E-state index in [0.717, 1.165) is 33.3 Å². The number of nitrogens with zero attached hydrogens (tertiary/aromatic N) is 2. The zero-order chi connectivity index (χ0) is 22.0. The lowest BCUT2D eigenvalue weighted by atomic mass is 9.99. The number of nitrogens with one attached hydrogen (secondary N) is 1. The lowest BCUT2D eigenvalue weighted by Crippen LogP contribution is -2.28. The van der Waals surface area contributed by atoms with Gasteiger partial charge in [-0.2, -0.15) is 0 Å². The number of hydrogen-bond acceptors (Lipinski definition) is 5. The molecule has 3 aromatic rings. The van der Waals surface area contributed by atoms with E-state index in [1.807, 2.05) is 44.2 Å². The minimum Gasteiger partial charge on any atom is -0.497 e. The molecule has 1 fully saturated rings. The molecule has 2 heterocycles. The Labute approximate surface area is 185 Å². The van der Waals surface area contributed by atoms with E-state index >= 15 is 0 Å². The first kappa shape index (κ1) is 21.5. The van der Waals surface area contributed by atoms with Crippen LogP contribution in [0, 0.1) is 25.6 Å². The maximum atomic E-state index is 13.5. The van der Waals surface area contributed by atoms with E-state index in [1.165, 1.54) is 12.1 Å². The number of thiazole rings is 1. The average molecular weight is 440 g/mol. The summed E-state index contributed by atoms with van der Waals surface area (Å²) in [6.07, 6.45) is 0.676. The van der Waals surface area contributed by atoms with Gasteiger partial charge in [0.25, 0.3) is 0 Å². The van der Waals surface area contributed by atoms with E-state index < -0.39 is 0 Å². The number of likely N-dealkylation sites (tertiary alicyclic amines) is 1. The number of benzene rings is 2. The first-order valence-corrected chi connectivity index (χ1v) is 11.2. The van der Waals surface area contributed by atoms with Gasteiger partial charge in [-0.25, -0.2) is 9.37 Å². The molecule has 7 heteroatoms. The summed E-state index contributed by atoms with van der Waals surface area (Å²) in [6, 6.07) is 12.2. The van der Waals surface area contributed by atoms with Crippen molar-refractivity contribution in [1.82, 2.24) is 9.88 Å². The standard InChI is InChI=1S/C24H26FN3O2S/c1-15-10-21(30-3)8-9-22(15)27-24(29)18-11-23(17-4-6-19(25)7-5-17)28(12-18)13-20-14-31-16(2)26-20/h4-10,14,18,23H,11-13H2,1-3H3,(H,27,29)/t18-,23-/m1/s1. The molecule has 31 heavy (non-hydrogen) atoms. The van der Waals surface area contributed by atoms with Gasteiger partial charge in [-0.15, -0.1) is 11.3 Å². The molecule has 1 amide bonds. The van der Waals surface area contributed by atoms with Gasteiger partial charge in [0.15, 0.2) is 0 Å². The lowest BCUT2D eigenvalue weighted by molar-refractivity contribution is -0.119. The first-order valence-electron chi connectivity index (χ1n) is 10.3. The number of halogens is 1. The van der Waals surface area contributed by atoms with Crippen molar-refractivity contribution in [3.63, 3.8) is 0 Å². The third kappa shape index (κ3) is 4.94. The first-order chi connectivity index (χ1) is 14.9. The molecule has 162 valence electrons. The van der Waals surface area contributed by atoms with Gasteiger partial charge in [0.1, 0.15) is 11.6 Å². The highest BCUT2D eigenvalue weighted by Crippen LogP contribution is 2.37. The molecule has 0 aliphatic carbocycles. The summed E-state index contributed by atoms with van der Waals surface area (Å²) < 4.78 is 18.7. The molecule has 0 bridgehead atoms. The van der Waals surface area contributed by atoms with Crippen LogP contribution in [-0.4, -0.2) is 29.4 Å². The quantitative estimate of drug-likeness (QED) is 0.580. The second kappa shape index (κ2) is 9.16. The van der Waals surface area contributed by atoms with Crippen molar-refractivity contribution in [3.05, 3.63) is 75.5 Å². The molecule has 0 radical (unpaired) electrons. The van der Waals surface area contributed by atoms with Gasteiger partial charge in [0.2, 0.25) is 5.91 Å². The van der Waals surface area contributed by atoms with Gasteiger partial charge in [0, 0.05) is 30.2 Å². The second-order valence-electron chi connectivity index (χ2n) is 7.96. The van der Waals surface area contributed by atoms with Crippen LogP contribution in [-0.2, 0) is 11.3 Å².